The highest BCUT2D eigenvalue weighted by molar-refractivity contribution is 6.33. The molecule has 3 aromatic rings. The highest BCUT2D eigenvalue weighted by Crippen LogP contribution is 2.40. The number of aryl methyl sites for hydroxylation is 2. The van der Waals surface area contributed by atoms with Crippen molar-refractivity contribution in [2.45, 2.75) is 65.2 Å². The summed E-state index contributed by atoms with van der Waals surface area (Å²) in [6.07, 6.45) is 7.17. The average Bonchev–Trinajstić information content (AvgIpc) is 3.24. The normalized spacial score (nSPS) is 14.7. The molecule has 1 heterocycles. The van der Waals surface area contributed by atoms with Crippen LogP contribution >= 0.6 is 11.6 Å². The van der Waals surface area contributed by atoms with E-state index in [1.807, 2.05) is 0 Å². The van der Waals surface area contributed by atoms with Crippen molar-refractivity contribution in [3.05, 3.63) is 75.9 Å². The Morgan fingerprint density at radius 3 is 2.14 bits per heavy atom. The maximum absolute atomic E-state index is 6.63. The van der Waals surface area contributed by atoms with Crippen LogP contribution in [0.3, 0.4) is 0 Å². The van der Waals surface area contributed by atoms with Gasteiger partial charge in [0.15, 0.2) is 0 Å². The second-order valence-electron chi connectivity index (χ2n) is 8.84. The lowest BCUT2D eigenvalue weighted by molar-refractivity contribution is 0.722. The standard InChI is InChI=1S/C27H30ClN/c1-17(2)20-9-11-22(12-10-20)26-15-24(25(28)16-29-26)27-18(3)13-23(14-19(27)4)21-7-5-6-8-21/h9-17,21H,5-8H2,1-4H3. The van der Waals surface area contributed by atoms with Crippen LogP contribution in [0, 0.1) is 13.8 Å². The maximum atomic E-state index is 6.63. The van der Waals surface area contributed by atoms with Crippen LogP contribution in [0.4, 0.5) is 0 Å². The fourth-order valence-electron chi connectivity index (χ4n) is 4.74. The lowest BCUT2D eigenvalue weighted by Crippen LogP contribution is -1.98. The molecule has 0 saturated heterocycles. The summed E-state index contributed by atoms with van der Waals surface area (Å²) in [4.78, 5) is 4.62. The largest absolute Gasteiger partial charge is 0.255 e. The second-order valence-corrected chi connectivity index (χ2v) is 9.24. The molecule has 1 aliphatic carbocycles. The molecule has 1 saturated carbocycles. The van der Waals surface area contributed by atoms with Crippen LogP contribution in [0.2, 0.25) is 5.02 Å². The van der Waals surface area contributed by atoms with Crippen molar-refractivity contribution in [3.63, 3.8) is 0 Å². The highest BCUT2D eigenvalue weighted by Gasteiger charge is 2.20. The first-order valence-electron chi connectivity index (χ1n) is 10.8. The van der Waals surface area contributed by atoms with Gasteiger partial charge in [-0.1, -0.05) is 74.7 Å². The summed E-state index contributed by atoms with van der Waals surface area (Å²) in [6.45, 7) is 8.87. The molecule has 0 aliphatic heterocycles. The van der Waals surface area contributed by atoms with Crippen LogP contribution in [0.15, 0.2) is 48.7 Å². The third kappa shape index (κ3) is 4.12. The van der Waals surface area contributed by atoms with Crippen molar-refractivity contribution >= 4 is 11.6 Å². The molecule has 0 spiro atoms. The molecule has 2 aromatic carbocycles. The van der Waals surface area contributed by atoms with Crippen LogP contribution in [-0.2, 0) is 0 Å². The predicted molar refractivity (Wildman–Crippen MR) is 125 cm³/mol. The van der Waals surface area contributed by atoms with E-state index in [0.29, 0.717) is 10.9 Å². The maximum Gasteiger partial charge on any atom is 0.0709 e. The monoisotopic (exact) mass is 403 g/mol. The Morgan fingerprint density at radius 2 is 1.55 bits per heavy atom. The third-order valence-electron chi connectivity index (χ3n) is 6.38. The van der Waals surface area contributed by atoms with Crippen molar-refractivity contribution in [1.29, 1.82) is 0 Å². The molecule has 2 heteroatoms. The smallest absolute Gasteiger partial charge is 0.0709 e. The van der Waals surface area contributed by atoms with Gasteiger partial charge in [0, 0.05) is 17.3 Å². The Kier molecular flexibility index (Phi) is 5.79. The number of nitrogens with zero attached hydrogens (tertiary/aromatic N) is 1. The van der Waals surface area contributed by atoms with Gasteiger partial charge in [-0.3, -0.25) is 4.98 Å². The molecule has 29 heavy (non-hydrogen) atoms. The molecule has 0 unspecified atom stereocenters. The van der Waals surface area contributed by atoms with E-state index in [9.17, 15) is 0 Å². The number of hydrogen-bond donors (Lipinski definition) is 0. The van der Waals surface area contributed by atoms with E-state index in [1.54, 1.807) is 6.20 Å². The molecule has 1 aliphatic rings. The van der Waals surface area contributed by atoms with Crippen molar-refractivity contribution in [1.82, 2.24) is 4.98 Å². The summed E-state index contributed by atoms with van der Waals surface area (Å²) in [5.74, 6) is 1.26. The SMILES string of the molecule is Cc1cc(C2CCCC2)cc(C)c1-c1cc(-c2ccc(C(C)C)cc2)ncc1Cl. The number of benzene rings is 2. The van der Waals surface area contributed by atoms with Crippen LogP contribution < -0.4 is 0 Å². The van der Waals surface area contributed by atoms with E-state index in [-0.39, 0.29) is 0 Å². The molecule has 0 N–H and O–H groups in total. The minimum absolute atomic E-state index is 0.529. The van der Waals surface area contributed by atoms with Gasteiger partial charge in [0.2, 0.25) is 0 Å². The average molecular weight is 404 g/mol. The van der Waals surface area contributed by atoms with E-state index in [4.69, 9.17) is 11.6 Å². The Bertz CT molecular complexity index is 988. The first-order chi connectivity index (χ1) is 13.9. The molecule has 4 rings (SSSR count). The Labute approximate surface area is 180 Å². The van der Waals surface area contributed by atoms with E-state index >= 15 is 0 Å². The molecule has 1 fully saturated rings. The molecule has 1 nitrogen and oxygen atoms in total. The van der Waals surface area contributed by atoms with E-state index in [1.165, 1.54) is 53.5 Å². The van der Waals surface area contributed by atoms with Gasteiger partial charge in [0.25, 0.3) is 0 Å². The van der Waals surface area contributed by atoms with Crippen molar-refractivity contribution < 1.29 is 0 Å². The summed E-state index contributed by atoms with van der Waals surface area (Å²) in [7, 11) is 0. The Balaban J connectivity index is 1.74. The predicted octanol–water partition coefficient (Wildman–Crippen LogP) is 8.47. The minimum atomic E-state index is 0.529. The third-order valence-corrected chi connectivity index (χ3v) is 6.68. The van der Waals surface area contributed by atoms with Gasteiger partial charge in [-0.2, -0.15) is 0 Å². The van der Waals surface area contributed by atoms with Gasteiger partial charge in [-0.05, 0) is 72.4 Å². The lowest BCUT2D eigenvalue weighted by Gasteiger charge is -2.18. The van der Waals surface area contributed by atoms with Crippen molar-refractivity contribution in [2.75, 3.05) is 0 Å². The van der Waals surface area contributed by atoms with Gasteiger partial charge in [-0.15, -0.1) is 0 Å². The van der Waals surface area contributed by atoms with Crippen LogP contribution in [0.1, 0.15) is 73.6 Å². The summed E-state index contributed by atoms with van der Waals surface area (Å²) in [5.41, 5.74) is 9.88. The zero-order valence-electron chi connectivity index (χ0n) is 17.9. The molecule has 0 radical (unpaired) electrons. The van der Waals surface area contributed by atoms with Gasteiger partial charge < -0.3 is 0 Å². The van der Waals surface area contributed by atoms with Gasteiger partial charge in [-0.25, -0.2) is 0 Å². The number of halogens is 1. The Hall–Kier alpha value is -2.12. The summed E-state index contributed by atoms with van der Waals surface area (Å²) >= 11 is 6.63. The van der Waals surface area contributed by atoms with Crippen molar-refractivity contribution in [3.8, 4) is 22.4 Å². The molecule has 0 bridgehead atoms. The van der Waals surface area contributed by atoms with Gasteiger partial charge in [0.05, 0.1) is 10.7 Å². The molecular formula is C27H30ClN. The Morgan fingerprint density at radius 1 is 0.931 bits per heavy atom. The van der Waals surface area contributed by atoms with Crippen LogP contribution in [-0.4, -0.2) is 4.98 Å². The second kappa shape index (κ2) is 8.32. The number of pyridine rings is 1. The zero-order valence-corrected chi connectivity index (χ0v) is 18.7. The van der Waals surface area contributed by atoms with Gasteiger partial charge in [0.1, 0.15) is 0 Å². The van der Waals surface area contributed by atoms with Gasteiger partial charge >= 0.3 is 0 Å². The molecule has 150 valence electrons. The minimum Gasteiger partial charge on any atom is -0.255 e. The fraction of sp³-hybridized carbons (Fsp3) is 0.370. The van der Waals surface area contributed by atoms with Crippen LogP contribution in [0.5, 0.6) is 0 Å². The highest BCUT2D eigenvalue weighted by atomic mass is 35.5. The lowest BCUT2D eigenvalue weighted by atomic mass is 9.88. The van der Waals surface area contributed by atoms with Crippen LogP contribution in [0.25, 0.3) is 22.4 Å². The van der Waals surface area contributed by atoms with E-state index in [0.717, 1.165) is 22.7 Å². The molecule has 0 atom stereocenters. The summed E-state index contributed by atoms with van der Waals surface area (Å²) in [6, 6.07) is 15.6. The quantitative estimate of drug-likeness (QED) is 0.425. The van der Waals surface area contributed by atoms with E-state index < -0.39 is 0 Å². The van der Waals surface area contributed by atoms with E-state index in [2.05, 4.69) is 75.1 Å². The first-order valence-corrected chi connectivity index (χ1v) is 11.2. The molecular weight excluding hydrogens is 374 g/mol. The fourth-order valence-corrected chi connectivity index (χ4v) is 4.94. The first kappa shape index (κ1) is 20.2. The number of aromatic nitrogens is 1. The summed E-state index contributed by atoms with van der Waals surface area (Å²) in [5, 5.41) is 0.715. The summed E-state index contributed by atoms with van der Waals surface area (Å²) < 4.78 is 0. The molecule has 1 aromatic heterocycles. The molecule has 0 amide bonds. The zero-order chi connectivity index (χ0) is 20.5. The topological polar surface area (TPSA) is 12.9 Å². The van der Waals surface area contributed by atoms with Crippen molar-refractivity contribution in [2.24, 2.45) is 0 Å². The number of hydrogen-bond acceptors (Lipinski definition) is 1. The number of rotatable bonds is 4.